The lowest BCUT2D eigenvalue weighted by Crippen LogP contribution is -2.13. The van der Waals surface area contributed by atoms with Gasteiger partial charge in [0.1, 0.15) is 10.7 Å². The second-order valence-corrected chi connectivity index (χ2v) is 4.32. The Balaban J connectivity index is 2.54. The van der Waals surface area contributed by atoms with Crippen molar-refractivity contribution in [2.75, 3.05) is 5.32 Å². The molecule has 0 amide bonds. The van der Waals surface area contributed by atoms with Gasteiger partial charge in [0.25, 0.3) is 0 Å². The maximum atomic E-state index is 13.6. The van der Waals surface area contributed by atoms with Crippen LogP contribution in [0.1, 0.15) is 5.56 Å². The van der Waals surface area contributed by atoms with E-state index in [1.807, 2.05) is 0 Å². The summed E-state index contributed by atoms with van der Waals surface area (Å²) in [5.74, 6) is -6.05. The highest BCUT2D eigenvalue weighted by Crippen LogP contribution is 2.28. The highest BCUT2D eigenvalue weighted by Gasteiger charge is 2.20. The number of nitrogens with two attached hydrogens (primary N) is 1. The van der Waals surface area contributed by atoms with Gasteiger partial charge < -0.3 is 11.1 Å². The van der Waals surface area contributed by atoms with Gasteiger partial charge in [-0.3, -0.25) is 0 Å². The molecule has 0 radical (unpaired) electrons. The molecule has 0 heterocycles. The minimum absolute atomic E-state index is 0.0224. The van der Waals surface area contributed by atoms with Crippen LogP contribution in [0.5, 0.6) is 0 Å². The Labute approximate surface area is 117 Å². The van der Waals surface area contributed by atoms with E-state index in [9.17, 15) is 17.6 Å². The highest BCUT2D eigenvalue weighted by molar-refractivity contribution is 7.80. The second-order valence-electron chi connectivity index (χ2n) is 3.88. The number of nitrogens with one attached hydrogen (secondary N) is 1. The van der Waals surface area contributed by atoms with Gasteiger partial charge >= 0.3 is 0 Å². The number of rotatable bonds is 3. The molecule has 0 saturated heterocycles. The Morgan fingerprint density at radius 2 is 1.55 bits per heavy atom. The lowest BCUT2D eigenvalue weighted by atomic mass is 10.1. The Bertz CT molecular complexity index is 662. The Morgan fingerprint density at radius 1 is 1.00 bits per heavy atom. The molecule has 104 valence electrons. The quantitative estimate of drug-likeness (QED) is 0.516. The first-order valence-electron chi connectivity index (χ1n) is 5.40. The van der Waals surface area contributed by atoms with Crippen LogP contribution < -0.4 is 11.1 Å². The van der Waals surface area contributed by atoms with Crippen LogP contribution in [0.15, 0.2) is 30.3 Å². The van der Waals surface area contributed by atoms with E-state index in [-0.39, 0.29) is 16.7 Å². The molecule has 0 unspecified atom stereocenters. The van der Waals surface area contributed by atoms with Crippen molar-refractivity contribution in [3.63, 3.8) is 0 Å². The Kier molecular flexibility index (Phi) is 3.89. The largest absolute Gasteiger partial charge is 0.389 e. The van der Waals surface area contributed by atoms with Gasteiger partial charge in [0.15, 0.2) is 23.3 Å². The lowest BCUT2D eigenvalue weighted by Gasteiger charge is -2.13. The fourth-order valence-corrected chi connectivity index (χ4v) is 1.80. The molecule has 0 spiro atoms. The molecule has 0 aromatic heterocycles. The average molecular weight is 300 g/mol. The van der Waals surface area contributed by atoms with E-state index in [4.69, 9.17) is 18.0 Å². The van der Waals surface area contributed by atoms with Crippen LogP contribution in [-0.4, -0.2) is 4.99 Å². The minimum Gasteiger partial charge on any atom is -0.389 e. The Morgan fingerprint density at radius 3 is 2.10 bits per heavy atom. The van der Waals surface area contributed by atoms with Crippen molar-refractivity contribution >= 4 is 28.6 Å². The maximum Gasteiger partial charge on any atom is 0.185 e. The molecule has 0 aliphatic carbocycles. The molecule has 2 aromatic rings. The monoisotopic (exact) mass is 300 g/mol. The zero-order chi connectivity index (χ0) is 14.9. The molecule has 2 aromatic carbocycles. The molecule has 0 fully saturated rings. The zero-order valence-corrected chi connectivity index (χ0v) is 10.7. The summed E-state index contributed by atoms with van der Waals surface area (Å²) in [5, 5.41) is 2.27. The molecule has 3 N–H and O–H groups in total. The summed E-state index contributed by atoms with van der Waals surface area (Å²) in [4.78, 5) is -0.0224. The van der Waals surface area contributed by atoms with Gasteiger partial charge in [-0.1, -0.05) is 24.4 Å². The maximum absolute atomic E-state index is 13.6. The summed E-state index contributed by atoms with van der Waals surface area (Å²) in [6, 6.07) is 6.23. The van der Waals surface area contributed by atoms with Crippen molar-refractivity contribution in [3.05, 3.63) is 59.2 Å². The van der Waals surface area contributed by atoms with E-state index >= 15 is 0 Å². The van der Waals surface area contributed by atoms with Crippen LogP contribution in [0.25, 0.3) is 0 Å². The normalized spacial score (nSPS) is 10.4. The summed E-state index contributed by atoms with van der Waals surface area (Å²) in [7, 11) is 0. The predicted molar refractivity (Wildman–Crippen MR) is 71.9 cm³/mol. The molecule has 0 bridgehead atoms. The first-order chi connectivity index (χ1) is 9.41. The number of benzene rings is 2. The molecule has 0 aliphatic heterocycles. The van der Waals surface area contributed by atoms with Crippen molar-refractivity contribution in [1.29, 1.82) is 0 Å². The van der Waals surface area contributed by atoms with Crippen LogP contribution in [-0.2, 0) is 0 Å². The topological polar surface area (TPSA) is 38.0 Å². The van der Waals surface area contributed by atoms with E-state index in [0.717, 1.165) is 0 Å². The summed E-state index contributed by atoms with van der Waals surface area (Å²) in [5.41, 5.74) is 4.96. The molecule has 2 nitrogen and oxygen atoms in total. The van der Waals surface area contributed by atoms with E-state index in [1.165, 1.54) is 12.1 Å². The summed E-state index contributed by atoms with van der Waals surface area (Å²) < 4.78 is 53.3. The van der Waals surface area contributed by atoms with Gasteiger partial charge in [0.05, 0.1) is 0 Å². The molecule has 0 atom stereocenters. The Hall–Kier alpha value is -2.15. The number of anilines is 2. The first-order valence-corrected chi connectivity index (χ1v) is 5.81. The summed E-state index contributed by atoms with van der Waals surface area (Å²) >= 11 is 4.79. The van der Waals surface area contributed by atoms with E-state index in [2.05, 4.69) is 5.32 Å². The third-order valence-corrected chi connectivity index (χ3v) is 2.78. The van der Waals surface area contributed by atoms with Crippen LogP contribution in [0.3, 0.4) is 0 Å². The lowest BCUT2D eigenvalue weighted by molar-refractivity contribution is 0.459. The summed E-state index contributed by atoms with van der Waals surface area (Å²) in [6.45, 7) is 0. The van der Waals surface area contributed by atoms with Crippen molar-refractivity contribution in [2.45, 2.75) is 0 Å². The van der Waals surface area contributed by atoms with Crippen molar-refractivity contribution < 1.29 is 17.6 Å². The molecule has 2 rings (SSSR count). The number of hydrogen-bond acceptors (Lipinski definition) is 2. The molecular weight excluding hydrogens is 292 g/mol. The van der Waals surface area contributed by atoms with Crippen LogP contribution in [0.2, 0.25) is 0 Å². The van der Waals surface area contributed by atoms with Crippen molar-refractivity contribution in [2.24, 2.45) is 5.73 Å². The predicted octanol–water partition coefficient (Wildman–Crippen LogP) is 3.62. The van der Waals surface area contributed by atoms with E-state index < -0.39 is 29.0 Å². The molecule has 20 heavy (non-hydrogen) atoms. The van der Waals surface area contributed by atoms with Gasteiger partial charge in [0, 0.05) is 17.3 Å². The SMILES string of the molecule is NC(=S)c1ccccc1Nc1c(F)c(F)cc(F)c1F. The van der Waals surface area contributed by atoms with Gasteiger partial charge in [-0.15, -0.1) is 0 Å². The minimum atomic E-state index is -1.53. The number of hydrogen-bond donors (Lipinski definition) is 2. The van der Waals surface area contributed by atoms with Crippen molar-refractivity contribution in [3.8, 4) is 0 Å². The molecule has 7 heteroatoms. The van der Waals surface area contributed by atoms with Crippen LogP contribution >= 0.6 is 12.2 Å². The second kappa shape index (κ2) is 5.46. The number of para-hydroxylation sites is 1. The zero-order valence-electron chi connectivity index (χ0n) is 9.88. The third-order valence-electron chi connectivity index (χ3n) is 2.56. The van der Waals surface area contributed by atoms with Gasteiger partial charge in [0.2, 0.25) is 0 Å². The van der Waals surface area contributed by atoms with Crippen LogP contribution in [0, 0.1) is 23.3 Å². The molecule has 0 saturated carbocycles. The van der Waals surface area contributed by atoms with Gasteiger partial charge in [-0.2, -0.15) is 0 Å². The standard InChI is InChI=1S/C13H8F4N2S/c14-7-5-8(15)11(17)12(10(7)16)19-9-4-2-1-3-6(9)13(18)20/h1-5,19H,(H2,18,20). The summed E-state index contributed by atoms with van der Waals surface area (Å²) in [6.07, 6.45) is 0. The van der Waals surface area contributed by atoms with Gasteiger partial charge in [-0.25, -0.2) is 17.6 Å². The fourth-order valence-electron chi connectivity index (χ4n) is 1.62. The third kappa shape index (κ3) is 2.57. The van der Waals surface area contributed by atoms with E-state index in [1.54, 1.807) is 12.1 Å². The molecular formula is C13H8F4N2S. The van der Waals surface area contributed by atoms with E-state index in [0.29, 0.717) is 5.56 Å². The number of thiocarbonyl (C=S) groups is 1. The smallest absolute Gasteiger partial charge is 0.185 e. The fraction of sp³-hybridized carbons (Fsp3) is 0. The van der Waals surface area contributed by atoms with Crippen molar-refractivity contribution in [1.82, 2.24) is 0 Å². The number of halogens is 4. The van der Waals surface area contributed by atoms with Crippen LogP contribution in [0.4, 0.5) is 28.9 Å². The first kappa shape index (κ1) is 14.3. The molecule has 0 aliphatic rings. The van der Waals surface area contributed by atoms with Gasteiger partial charge in [-0.05, 0) is 12.1 Å². The highest BCUT2D eigenvalue weighted by atomic mass is 32.1. The average Bonchev–Trinajstić information content (AvgIpc) is 2.41.